The number of aromatic nitrogens is 1. The lowest BCUT2D eigenvalue weighted by molar-refractivity contribution is -0.142. The number of ether oxygens (including phenoxy) is 3. The molecule has 0 saturated carbocycles. The number of benzene rings is 1. The number of esters is 2. The van der Waals surface area contributed by atoms with E-state index >= 15 is 0 Å². The first-order chi connectivity index (χ1) is 16.2. The Kier molecular flexibility index (Phi) is 6.83. The molecule has 2 aromatic rings. The van der Waals surface area contributed by atoms with Gasteiger partial charge in [0.2, 0.25) is 0 Å². The molecule has 1 aliphatic heterocycles. The summed E-state index contributed by atoms with van der Waals surface area (Å²) in [4.78, 5) is 41.4. The van der Waals surface area contributed by atoms with E-state index in [0.717, 1.165) is 18.3 Å². The molecule has 0 saturated heterocycles. The van der Waals surface area contributed by atoms with Gasteiger partial charge in [-0.25, -0.2) is 9.59 Å². The number of amides is 1. The fraction of sp³-hybridized carbons (Fsp3) is 0.455. The van der Waals surface area contributed by atoms with E-state index in [-0.39, 0.29) is 29.1 Å². The molecule has 1 N–H and O–H groups in total. The number of hydrogen-bond acceptors (Lipinski definition) is 10. The highest BCUT2D eigenvalue weighted by Crippen LogP contribution is 2.43. The summed E-state index contributed by atoms with van der Waals surface area (Å²) in [6.07, 6.45) is -1.52. The summed E-state index contributed by atoms with van der Waals surface area (Å²) in [5.74, 6) is -1.31. The van der Waals surface area contributed by atoms with Gasteiger partial charge in [-0.3, -0.25) is 13.9 Å². The van der Waals surface area contributed by atoms with Crippen molar-refractivity contribution >= 4 is 44.7 Å². The van der Waals surface area contributed by atoms with Crippen molar-refractivity contribution in [2.24, 2.45) is 5.41 Å². The summed E-state index contributed by atoms with van der Waals surface area (Å²) in [5.41, 5.74) is -0.119. The predicted molar refractivity (Wildman–Crippen MR) is 122 cm³/mol. The fourth-order valence-corrected chi connectivity index (χ4v) is 4.30. The molecule has 1 aromatic heterocycles. The average molecular weight is 508 g/mol. The second-order valence-corrected chi connectivity index (χ2v) is 10.5. The van der Waals surface area contributed by atoms with E-state index in [0.29, 0.717) is 10.9 Å². The van der Waals surface area contributed by atoms with Crippen LogP contribution < -0.4 is 9.64 Å². The summed E-state index contributed by atoms with van der Waals surface area (Å²) < 4.78 is 44.2. The number of carbonyl (C=O) groups excluding carboxylic acids is 3. The maximum absolute atomic E-state index is 12.8. The Bertz CT molecular complexity index is 1350. The third kappa shape index (κ3) is 5.08. The number of carbonyl (C=O) groups is 3. The molecule has 2 atom stereocenters. The minimum atomic E-state index is -4.01. The predicted octanol–water partition coefficient (Wildman–Crippen LogP) is 2.27. The fourth-order valence-electron chi connectivity index (χ4n) is 3.68. The zero-order chi connectivity index (χ0) is 26.3. The van der Waals surface area contributed by atoms with Crippen LogP contribution >= 0.6 is 0 Å². The normalized spacial score (nSPS) is 17.9. The van der Waals surface area contributed by atoms with Crippen LogP contribution in [0.4, 0.5) is 10.5 Å². The number of hydrogen-bond donors (Lipinski definition) is 1. The second kappa shape index (κ2) is 9.20. The molecule has 1 amide bonds. The van der Waals surface area contributed by atoms with Crippen molar-refractivity contribution in [1.29, 1.82) is 5.26 Å². The summed E-state index contributed by atoms with van der Waals surface area (Å²) in [6.45, 7) is 4.96. The smallest absolute Gasteiger partial charge is 0.415 e. The molecule has 0 fully saturated rings. The van der Waals surface area contributed by atoms with Crippen LogP contribution in [0.2, 0.25) is 0 Å². The van der Waals surface area contributed by atoms with Crippen molar-refractivity contribution in [3.05, 3.63) is 23.4 Å². The summed E-state index contributed by atoms with van der Waals surface area (Å²) >= 11 is 0. The molecule has 188 valence electrons. The third-order valence-electron chi connectivity index (χ3n) is 5.28. The van der Waals surface area contributed by atoms with Crippen LogP contribution in [-0.2, 0) is 35.0 Å². The van der Waals surface area contributed by atoms with Crippen LogP contribution in [0.3, 0.4) is 0 Å². The maximum atomic E-state index is 12.8. The molecule has 2 heterocycles. The number of rotatable bonds is 4. The number of methoxy groups -OCH3 is 2. The van der Waals surface area contributed by atoms with Crippen LogP contribution in [0, 0.1) is 16.7 Å². The number of nitrogens with one attached hydrogen (secondary N) is 1. The third-order valence-corrected chi connectivity index (χ3v) is 5.88. The van der Waals surface area contributed by atoms with Crippen molar-refractivity contribution in [2.75, 3.05) is 25.4 Å². The Morgan fingerprint density at radius 3 is 2.34 bits per heavy atom. The van der Waals surface area contributed by atoms with E-state index in [2.05, 4.69) is 4.98 Å². The van der Waals surface area contributed by atoms with Crippen molar-refractivity contribution in [3.63, 3.8) is 0 Å². The first-order valence-corrected chi connectivity index (χ1v) is 12.2. The van der Waals surface area contributed by atoms with E-state index in [1.807, 2.05) is 6.07 Å². The van der Waals surface area contributed by atoms with Crippen LogP contribution in [0.25, 0.3) is 10.9 Å². The highest BCUT2D eigenvalue weighted by Gasteiger charge is 2.43. The van der Waals surface area contributed by atoms with Gasteiger partial charge in [-0.05, 0) is 32.4 Å². The number of nitrogens with zero attached hydrogens (tertiary/aromatic N) is 2. The van der Waals surface area contributed by atoms with E-state index < -0.39 is 45.7 Å². The van der Waals surface area contributed by atoms with E-state index in [1.54, 1.807) is 20.8 Å². The number of fused-ring (bicyclic) bond motifs is 3. The number of anilines is 1. The number of nitriles is 1. The zero-order valence-electron chi connectivity index (χ0n) is 20.0. The molecule has 0 spiro atoms. The van der Waals surface area contributed by atoms with Gasteiger partial charge in [-0.1, -0.05) is 0 Å². The van der Waals surface area contributed by atoms with Gasteiger partial charge in [-0.2, -0.15) is 13.7 Å². The molecule has 1 aromatic carbocycles. The SMILES string of the molecule is COC(=O)c1cc2c3c(cc(OC(=O)C(C)(C)C)c2[nH]1)N(C(=O)OC)C(C#N)C(OS(C)(=O)=O)C3. The van der Waals surface area contributed by atoms with Crippen molar-refractivity contribution in [2.45, 2.75) is 39.3 Å². The molecule has 12 nitrogen and oxygen atoms in total. The Hall–Kier alpha value is -3.63. The van der Waals surface area contributed by atoms with Crippen molar-refractivity contribution < 1.29 is 41.2 Å². The van der Waals surface area contributed by atoms with Gasteiger partial charge in [0.25, 0.3) is 10.1 Å². The highest BCUT2D eigenvalue weighted by atomic mass is 32.2. The Balaban J connectivity index is 2.34. The van der Waals surface area contributed by atoms with E-state index in [9.17, 15) is 28.1 Å². The minimum absolute atomic E-state index is 0.0121. The first kappa shape index (κ1) is 26.0. The van der Waals surface area contributed by atoms with E-state index in [4.69, 9.17) is 18.4 Å². The maximum Gasteiger partial charge on any atom is 0.415 e. The first-order valence-electron chi connectivity index (χ1n) is 10.4. The Morgan fingerprint density at radius 2 is 1.83 bits per heavy atom. The monoisotopic (exact) mass is 507 g/mol. The standard InChI is InChI=1S/C22H25N3O9S/c1-22(2,3)20(27)33-17-9-14-11(12-7-13(19(26)31-4)24-18(12)17)8-16(34-35(6,29)30)15(10-23)25(14)21(28)32-5/h7,9,15-16,24H,8H2,1-6H3. The molecule has 2 unspecified atom stereocenters. The largest absolute Gasteiger partial charge is 0.464 e. The topological polar surface area (TPSA) is 165 Å². The van der Waals surface area contributed by atoms with Gasteiger partial charge in [0.1, 0.15) is 11.8 Å². The van der Waals surface area contributed by atoms with Gasteiger partial charge >= 0.3 is 18.0 Å². The van der Waals surface area contributed by atoms with Crippen molar-refractivity contribution in [1.82, 2.24) is 4.98 Å². The average Bonchev–Trinajstić information content (AvgIpc) is 3.22. The van der Waals surface area contributed by atoms with Crippen LogP contribution in [-0.4, -0.2) is 64.1 Å². The Morgan fingerprint density at radius 1 is 1.17 bits per heavy atom. The van der Waals surface area contributed by atoms with Crippen molar-refractivity contribution in [3.8, 4) is 11.8 Å². The molecular formula is C22H25N3O9S. The summed E-state index contributed by atoms with van der Waals surface area (Å²) in [6, 6.07) is 3.29. The molecule has 1 aliphatic rings. The number of aromatic amines is 1. The molecule has 13 heteroatoms. The lowest BCUT2D eigenvalue weighted by Gasteiger charge is -2.37. The molecule has 3 rings (SSSR count). The second-order valence-electron chi connectivity index (χ2n) is 8.93. The molecule has 0 bridgehead atoms. The molecule has 0 aliphatic carbocycles. The van der Waals surface area contributed by atoms with Gasteiger partial charge in [0.15, 0.2) is 11.8 Å². The van der Waals surface area contributed by atoms with Gasteiger partial charge in [-0.15, -0.1) is 0 Å². The van der Waals surface area contributed by atoms with Gasteiger partial charge in [0.05, 0.1) is 43.2 Å². The Labute approximate surface area is 201 Å². The minimum Gasteiger partial charge on any atom is -0.464 e. The van der Waals surface area contributed by atoms with Gasteiger partial charge < -0.3 is 19.2 Å². The molecule has 35 heavy (non-hydrogen) atoms. The number of H-pyrrole nitrogens is 1. The lowest BCUT2D eigenvalue weighted by atomic mass is 9.91. The van der Waals surface area contributed by atoms with E-state index in [1.165, 1.54) is 19.2 Å². The van der Waals surface area contributed by atoms with Crippen LogP contribution in [0.5, 0.6) is 5.75 Å². The quantitative estimate of drug-likeness (QED) is 0.368. The summed E-state index contributed by atoms with van der Waals surface area (Å²) in [7, 11) is -1.72. The van der Waals surface area contributed by atoms with Crippen LogP contribution in [0.1, 0.15) is 36.8 Å². The highest BCUT2D eigenvalue weighted by molar-refractivity contribution is 7.86. The van der Waals surface area contributed by atoms with Gasteiger partial charge in [0, 0.05) is 17.9 Å². The molecular weight excluding hydrogens is 482 g/mol. The summed E-state index contributed by atoms with van der Waals surface area (Å²) in [5, 5.41) is 10.2. The van der Waals surface area contributed by atoms with Crippen LogP contribution in [0.15, 0.2) is 12.1 Å². The lowest BCUT2D eigenvalue weighted by Crippen LogP contribution is -2.52. The zero-order valence-corrected chi connectivity index (χ0v) is 20.8. The molecule has 0 radical (unpaired) electrons.